The van der Waals surface area contributed by atoms with Crippen LogP contribution in [0.4, 0.5) is 11.4 Å². The number of benzene rings is 1. The lowest BCUT2D eigenvalue weighted by atomic mass is 10.1. The normalized spacial score (nSPS) is 10.7. The molecular weight excluding hydrogens is 238 g/mol. The van der Waals surface area contributed by atoms with Crippen LogP contribution in [0.15, 0.2) is 48.9 Å². The Balaban J connectivity index is 1.79. The number of aromatic nitrogens is 3. The van der Waals surface area contributed by atoms with Crippen molar-refractivity contribution in [3.63, 3.8) is 0 Å². The first-order chi connectivity index (χ1) is 9.34. The van der Waals surface area contributed by atoms with E-state index in [1.54, 1.807) is 12.4 Å². The van der Waals surface area contributed by atoms with Gasteiger partial charge in [-0.2, -0.15) is 5.10 Å². The maximum Gasteiger partial charge on any atom is 0.0953 e. The molecule has 0 aliphatic carbocycles. The Morgan fingerprint density at radius 3 is 2.95 bits per heavy atom. The van der Waals surface area contributed by atoms with Gasteiger partial charge in [0.2, 0.25) is 0 Å². The Morgan fingerprint density at radius 1 is 1.16 bits per heavy atom. The van der Waals surface area contributed by atoms with Gasteiger partial charge in [-0.1, -0.05) is 0 Å². The first-order valence-electron chi connectivity index (χ1n) is 6.19. The molecule has 0 spiro atoms. The van der Waals surface area contributed by atoms with E-state index < -0.39 is 0 Å². The maximum absolute atomic E-state index is 5.95. The molecule has 0 aliphatic heterocycles. The van der Waals surface area contributed by atoms with Crippen molar-refractivity contribution in [2.24, 2.45) is 0 Å². The molecule has 3 N–H and O–H groups in total. The topological polar surface area (TPSA) is 68.8 Å². The average molecular weight is 253 g/mol. The van der Waals surface area contributed by atoms with Gasteiger partial charge in [-0.05, 0) is 30.3 Å². The number of anilines is 2. The van der Waals surface area contributed by atoms with Gasteiger partial charge in [0.25, 0.3) is 0 Å². The third-order valence-corrected chi connectivity index (χ3v) is 3.02. The molecule has 0 unspecified atom stereocenters. The van der Waals surface area contributed by atoms with Gasteiger partial charge >= 0.3 is 0 Å². The zero-order chi connectivity index (χ0) is 13.1. The Labute approximate surface area is 111 Å². The minimum atomic E-state index is 0.751. The standard InChI is InChI=1S/C14H15N5/c15-12-4-5-13(14-11(12)3-1-6-17-14)16-8-10-19-9-2-7-18-19/h1-7,9,16H,8,10,15H2. The lowest BCUT2D eigenvalue weighted by Crippen LogP contribution is -2.11. The molecule has 0 radical (unpaired) electrons. The maximum atomic E-state index is 5.95. The van der Waals surface area contributed by atoms with Gasteiger partial charge in [0.1, 0.15) is 0 Å². The van der Waals surface area contributed by atoms with Crippen LogP contribution in [-0.4, -0.2) is 21.3 Å². The third-order valence-electron chi connectivity index (χ3n) is 3.02. The van der Waals surface area contributed by atoms with Crippen molar-refractivity contribution >= 4 is 22.3 Å². The fraction of sp³-hybridized carbons (Fsp3) is 0.143. The zero-order valence-electron chi connectivity index (χ0n) is 10.5. The van der Waals surface area contributed by atoms with E-state index in [1.165, 1.54) is 0 Å². The Bertz CT molecular complexity index is 675. The summed E-state index contributed by atoms with van der Waals surface area (Å²) in [5.41, 5.74) is 8.60. The number of fused-ring (bicyclic) bond motifs is 1. The lowest BCUT2D eigenvalue weighted by Gasteiger charge is -2.10. The molecule has 3 rings (SSSR count). The predicted octanol–water partition coefficient (Wildman–Crippen LogP) is 2.13. The van der Waals surface area contributed by atoms with E-state index >= 15 is 0 Å². The van der Waals surface area contributed by atoms with Crippen LogP contribution in [-0.2, 0) is 6.54 Å². The fourth-order valence-corrected chi connectivity index (χ4v) is 2.08. The van der Waals surface area contributed by atoms with Crippen LogP contribution in [0, 0.1) is 0 Å². The largest absolute Gasteiger partial charge is 0.398 e. The molecule has 0 saturated heterocycles. The first kappa shape index (κ1) is 11.5. The molecule has 19 heavy (non-hydrogen) atoms. The molecule has 1 aromatic carbocycles. The molecule has 0 aliphatic rings. The number of hydrogen-bond donors (Lipinski definition) is 2. The molecule has 2 aromatic heterocycles. The fourth-order valence-electron chi connectivity index (χ4n) is 2.08. The minimum absolute atomic E-state index is 0.751. The number of nitrogens with zero attached hydrogens (tertiary/aromatic N) is 3. The quantitative estimate of drug-likeness (QED) is 0.699. The van der Waals surface area contributed by atoms with Gasteiger partial charge in [-0.3, -0.25) is 9.67 Å². The summed E-state index contributed by atoms with van der Waals surface area (Å²) in [5.74, 6) is 0. The number of nitrogen functional groups attached to an aromatic ring is 1. The van der Waals surface area contributed by atoms with Gasteiger partial charge in [0, 0.05) is 36.2 Å². The van der Waals surface area contributed by atoms with Gasteiger partial charge in [0.05, 0.1) is 17.7 Å². The average Bonchev–Trinajstić information content (AvgIpc) is 2.95. The number of nitrogens with one attached hydrogen (secondary N) is 1. The summed E-state index contributed by atoms with van der Waals surface area (Å²) in [6.07, 6.45) is 5.50. The van der Waals surface area contributed by atoms with E-state index in [2.05, 4.69) is 15.4 Å². The molecule has 5 nitrogen and oxygen atoms in total. The third kappa shape index (κ3) is 2.35. The summed E-state index contributed by atoms with van der Waals surface area (Å²) in [6, 6.07) is 9.66. The van der Waals surface area contributed by atoms with E-state index in [9.17, 15) is 0 Å². The number of nitrogens with two attached hydrogens (primary N) is 1. The molecule has 96 valence electrons. The van der Waals surface area contributed by atoms with Crippen LogP contribution in [0.1, 0.15) is 0 Å². The molecule has 0 saturated carbocycles. The van der Waals surface area contributed by atoms with Crippen molar-refractivity contribution in [2.45, 2.75) is 6.54 Å². The highest BCUT2D eigenvalue weighted by Crippen LogP contribution is 2.25. The molecule has 2 heterocycles. The van der Waals surface area contributed by atoms with Gasteiger partial charge in [0.15, 0.2) is 0 Å². The van der Waals surface area contributed by atoms with Gasteiger partial charge < -0.3 is 11.1 Å². The summed E-state index contributed by atoms with van der Waals surface area (Å²) in [7, 11) is 0. The van der Waals surface area contributed by atoms with Crippen molar-refractivity contribution in [2.75, 3.05) is 17.6 Å². The van der Waals surface area contributed by atoms with E-state index in [1.807, 2.05) is 41.2 Å². The Morgan fingerprint density at radius 2 is 2.11 bits per heavy atom. The lowest BCUT2D eigenvalue weighted by molar-refractivity contribution is 0.638. The van der Waals surface area contributed by atoms with Crippen molar-refractivity contribution in [1.29, 1.82) is 0 Å². The number of pyridine rings is 1. The van der Waals surface area contributed by atoms with Crippen LogP contribution in [0.2, 0.25) is 0 Å². The Hall–Kier alpha value is -2.56. The summed E-state index contributed by atoms with van der Waals surface area (Å²) in [4.78, 5) is 4.39. The Kier molecular flexibility index (Phi) is 3.02. The summed E-state index contributed by atoms with van der Waals surface area (Å²) in [6.45, 7) is 1.60. The van der Waals surface area contributed by atoms with E-state index in [0.717, 1.165) is 35.4 Å². The highest BCUT2D eigenvalue weighted by molar-refractivity contribution is 5.98. The summed E-state index contributed by atoms with van der Waals surface area (Å²) >= 11 is 0. The summed E-state index contributed by atoms with van der Waals surface area (Å²) in [5, 5.41) is 8.52. The van der Waals surface area contributed by atoms with Crippen molar-refractivity contribution < 1.29 is 0 Å². The minimum Gasteiger partial charge on any atom is -0.398 e. The summed E-state index contributed by atoms with van der Waals surface area (Å²) < 4.78 is 1.89. The van der Waals surface area contributed by atoms with Crippen LogP contribution in [0.3, 0.4) is 0 Å². The second-order valence-corrected chi connectivity index (χ2v) is 4.30. The second kappa shape index (κ2) is 4.97. The first-order valence-corrected chi connectivity index (χ1v) is 6.19. The van der Waals surface area contributed by atoms with Crippen LogP contribution in [0.25, 0.3) is 10.9 Å². The number of rotatable bonds is 4. The number of hydrogen-bond acceptors (Lipinski definition) is 4. The van der Waals surface area contributed by atoms with E-state index in [4.69, 9.17) is 5.73 Å². The molecule has 3 aromatic rings. The molecule has 0 fully saturated rings. The molecule has 0 amide bonds. The van der Waals surface area contributed by atoms with Crippen molar-refractivity contribution in [1.82, 2.24) is 14.8 Å². The van der Waals surface area contributed by atoms with Crippen LogP contribution >= 0.6 is 0 Å². The van der Waals surface area contributed by atoms with Crippen LogP contribution in [0.5, 0.6) is 0 Å². The van der Waals surface area contributed by atoms with E-state index in [0.29, 0.717) is 0 Å². The monoisotopic (exact) mass is 253 g/mol. The molecule has 0 bridgehead atoms. The second-order valence-electron chi connectivity index (χ2n) is 4.30. The van der Waals surface area contributed by atoms with Crippen molar-refractivity contribution in [3.05, 3.63) is 48.9 Å². The van der Waals surface area contributed by atoms with E-state index in [-0.39, 0.29) is 0 Å². The van der Waals surface area contributed by atoms with Gasteiger partial charge in [-0.25, -0.2) is 0 Å². The molecule has 0 atom stereocenters. The highest BCUT2D eigenvalue weighted by Gasteiger charge is 2.04. The molecular formula is C14H15N5. The zero-order valence-corrected chi connectivity index (χ0v) is 10.5. The molecule has 5 heteroatoms. The SMILES string of the molecule is Nc1ccc(NCCn2cccn2)c2ncccc12. The van der Waals surface area contributed by atoms with Crippen molar-refractivity contribution in [3.8, 4) is 0 Å². The highest BCUT2D eigenvalue weighted by atomic mass is 15.3. The smallest absolute Gasteiger partial charge is 0.0953 e. The van der Waals surface area contributed by atoms with Crippen LogP contribution < -0.4 is 11.1 Å². The predicted molar refractivity (Wildman–Crippen MR) is 76.9 cm³/mol. The van der Waals surface area contributed by atoms with Gasteiger partial charge in [-0.15, -0.1) is 0 Å².